The molecular weight excluding hydrogens is 210 g/mol. The monoisotopic (exact) mass is 227 g/mol. The molecule has 1 aliphatic heterocycles. The molecule has 0 aromatic heterocycles. The van der Waals surface area contributed by atoms with Gasteiger partial charge in [-0.1, -0.05) is 5.11 Å². The molecule has 1 rings (SSSR count). The van der Waals surface area contributed by atoms with Gasteiger partial charge in [0.25, 0.3) is 0 Å². The molecule has 0 bridgehead atoms. The van der Waals surface area contributed by atoms with Gasteiger partial charge in [0, 0.05) is 24.7 Å². The van der Waals surface area contributed by atoms with E-state index in [1.165, 1.54) is 0 Å². The molecule has 1 amide bonds. The predicted octanol–water partition coefficient (Wildman–Crippen LogP) is 0.311. The van der Waals surface area contributed by atoms with Crippen molar-refractivity contribution in [1.29, 1.82) is 0 Å². The molecule has 0 radical (unpaired) electrons. The lowest BCUT2D eigenvalue weighted by molar-refractivity contribution is -0.128. The molecule has 0 aromatic carbocycles. The fraction of sp³-hybridized carbons (Fsp3) is 0.889. The van der Waals surface area contributed by atoms with Gasteiger partial charge in [-0.2, -0.15) is 0 Å². The van der Waals surface area contributed by atoms with Crippen molar-refractivity contribution in [3.8, 4) is 0 Å². The number of rotatable bonds is 6. The Balaban J connectivity index is 2.38. The van der Waals surface area contributed by atoms with Crippen LogP contribution in [0.3, 0.4) is 0 Å². The fourth-order valence-corrected chi connectivity index (χ4v) is 1.75. The Morgan fingerprint density at radius 2 is 2.25 bits per heavy atom. The van der Waals surface area contributed by atoms with Crippen molar-refractivity contribution in [2.24, 2.45) is 10.8 Å². The summed E-state index contributed by atoms with van der Waals surface area (Å²) in [7, 11) is 0. The first kappa shape index (κ1) is 12.8. The van der Waals surface area contributed by atoms with Gasteiger partial charge in [-0.25, -0.2) is 0 Å². The molecule has 0 aromatic rings. The average Bonchev–Trinajstić information content (AvgIpc) is 2.30. The van der Waals surface area contributed by atoms with Gasteiger partial charge in [-0.3, -0.25) is 4.79 Å². The van der Waals surface area contributed by atoms with Crippen LogP contribution in [0.2, 0.25) is 0 Å². The van der Waals surface area contributed by atoms with Crippen LogP contribution in [-0.2, 0) is 9.53 Å². The quantitative estimate of drug-likeness (QED) is 0.294. The number of azide groups is 1. The van der Waals surface area contributed by atoms with Crippen molar-refractivity contribution >= 4 is 5.91 Å². The van der Waals surface area contributed by atoms with Crippen molar-refractivity contribution in [2.45, 2.75) is 24.8 Å². The SMILES string of the molecule is [N-]=[N+]=NCCCNC1(C(N)=O)CCOCC1. The van der Waals surface area contributed by atoms with E-state index < -0.39 is 5.54 Å². The number of carbonyl (C=O) groups is 1. The molecule has 7 heteroatoms. The van der Waals surface area contributed by atoms with Crippen molar-refractivity contribution in [2.75, 3.05) is 26.3 Å². The van der Waals surface area contributed by atoms with Gasteiger partial charge in [0.15, 0.2) is 0 Å². The van der Waals surface area contributed by atoms with Crippen LogP contribution in [0.5, 0.6) is 0 Å². The molecule has 0 aliphatic carbocycles. The normalized spacial score (nSPS) is 18.8. The maximum absolute atomic E-state index is 11.4. The third kappa shape index (κ3) is 3.37. The molecule has 0 unspecified atom stereocenters. The molecular formula is C9H17N5O2. The summed E-state index contributed by atoms with van der Waals surface area (Å²) in [5.41, 5.74) is 12.9. The smallest absolute Gasteiger partial charge is 0.237 e. The molecule has 90 valence electrons. The lowest BCUT2D eigenvalue weighted by Gasteiger charge is -2.35. The Morgan fingerprint density at radius 1 is 1.56 bits per heavy atom. The minimum atomic E-state index is -0.644. The number of hydrogen-bond donors (Lipinski definition) is 2. The van der Waals surface area contributed by atoms with Crippen LogP contribution < -0.4 is 11.1 Å². The molecule has 1 fully saturated rings. The number of primary amides is 1. The zero-order valence-electron chi connectivity index (χ0n) is 9.19. The molecule has 7 nitrogen and oxygen atoms in total. The number of nitrogens with one attached hydrogen (secondary N) is 1. The third-order valence-corrected chi connectivity index (χ3v) is 2.78. The molecule has 1 saturated heterocycles. The lowest BCUT2D eigenvalue weighted by Crippen LogP contribution is -2.58. The number of nitrogens with two attached hydrogens (primary N) is 1. The van der Waals surface area contributed by atoms with Gasteiger partial charge in [-0.05, 0) is 31.3 Å². The predicted molar refractivity (Wildman–Crippen MR) is 58.6 cm³/mol. The summed E-state index contributed by atoms with van der Waals surface area (Å²) in [5, 5.41) is 6.58. The summed E-state index contributed by atoms with van der Waals surface area (Å²) in [6.45, 7) is 2.13. The van der Waals surface area contributed by atoms with E-state index in [1.807, 2.05) is 0 Å². The zero-order valence-corrected chi connectivity index (χ0v) is 9.19. The molecule has 0 saturated carbocycles. The van der Waals surface area contributed by atoms with Crippen LogP contribution in [0, 0.1) is 0 Å². The van der Waals surface area contributed by atoms with Crippen LogP contribution in [0.15, 0.2) is 5.11 Å². The highest BCUT2D eigenvalue weighted by atomic mass is 16.5. The van der Waals surface area contributed by atoms with E-state index in [-0.39, 0.29) is 5.91 Å². The number of hydrogen-bond acceptors (Lipinski definition) is 4. The van der Waals surface area contributed by atoms with Gasteiger partial charge in [0.2, 0.25) is 5.91 Å². The highest BCUT2D eigenvalue weighted by Gasteiger charge is 2.37. The van der Waals surface area contributed by atoms with E-state index in [0.717, 1.165) is 0 Å². The largest absolute Gasteiger partial charge is 0.381 e. The van der Waals surface area contributed by atoms with E-state index in [1.54, 1.807) is 0 Å². The zero-order chi connectivity index (χ0) is 11.9. The first-order chi connectivity index (χ1) is 7.71. The molecule has 1 heterocycles. The fourth-order valence-electron chi connectivity index (χ4n) is 1.75. The summed E-state index contributed by atoms with van der Waals surface area (Å²) in [5.74, 6) is -0.334. The Morgan fingerprint density at radius 3 is 2.81 bits per heavy atom. The molecule has 0 atom stereocenters. The molecule has 16 heavy (non-hydrogen) atoms. The van der Waals surface area contributed by atoms with Crippen LogP contribution in [-0.4, -0.2) is 37.7 Å². The number of carbonyl (C=O) groups excluding carboxylic acids is 1. The second-order valence-corrected chi connectivity index (χ2v) is 3.79. The van der Waals surface area contributed by atoms with E-state index >= 15 is 0 Å². The van der Waals surface area contributed by atoms with Gasteiger partial charge in [0.1, 0.15) is 5.54 Å². The van der Waals surface area contributed by atoms with Gasteiger partial charge >= 0.3 is 0 Å². The summed E-state index contributed by atoms with van der Waals surface area (Å²) in [6, 6.07) is 0. The first-order valence-electron chi connectivity index (χ1n) is 5.35. The summed E-state index contributed by atoms with van der Waals surface area (Å²) < 4.78 is 5.21. The highest BCUT2D eigenvalue weighted by molar-refractivity contribution is 5.84. The highest BCUT2D eigenvalue weighted by Crippen LogP contribution is 2.20. The minimum absolute atomic E-state index is 0.334. The first-order valence-corrected chi connectivity index (χ1v) is 5.35. The topological polar surface area (TPSA) is 113 Å². The number of ether oxygens (including phenoxy) is 1. The number of amides is 1. The third-order valence-electron chi connectivity index (χ3n) is 2.78. The number of nitrogens with zero attached hydrogens (tertiary/aromatic N) is 3. The van der Waals surface area contributed by atoms with E-state index in [2.05, 4.69) is 15.3 Å². The Kier molecular flexibility index (Phi) is 5.04. The van der Waals surface area contributed by atoms with E-state index in [0.29, 0.717) is 45.6 Å². The van der Waals surface area contributed by atoms with Crippen LogP contribution >= 0.6 is 0 Å². The van der Waals surface area contributed by atoms with Crippen molar-refractivity contribution in [1.82, 2.24) is 5.32 Å². The van der Waals surface area contributed by atoms with Gasteiger partial charge in [0.05, 0.1) is 0 Å². The Hall–Kier alpha value is -1.30. The average molecular weight is 227 g/mol. The van der Waals surface area contributed by atoms with Crippen molar-refractivity contribution in [3.05, 3.63) is 10.4 Å². The second-order valence-electron chi connectivity index (χ2n) is 3.79. The Bertz CT molecular complexity index is 282. The van der Waals surface area contributed by atoms with Crippen LogP contribution in [0.4, 0.5) is 0 Å². The van der Waals surface area contributed by atoms with E-state index in [9.17, 15) is 4.79 Å². The van der Waals surface area contributed by atoms with Gasteiger partial charge in [-0.15, -0.1) is 0 Å². The van der Waals surface area contributed by atoms with Gasteiger partial charge < -0.3 is 15.8 Å². The Labute approximate surface area is 94.0 Å². The summed E-state index contributed by atoms with van der Waals surface area (Å²) in [6.07, 6.45) is 1.90. The molecule has 0 spiro atoms. The molecule has 1 aliphatic rings. The second kappa shape index (κ2) is 6.32. The van der Waals surface area contributed by atoms with E-state index in [4.69, 9.17) is 16.0 Å². The summed E-state index contributed by atoms with van der Waals surface area (Å²) >= 11 is 0. The molecule has 3 N–H and O–H groups in total. The minimum Gasteiger partial charge on any atom is -0.381 e. The van der Waals surface area contributed by atoms with Crippen LogP contribution in [0.1, 0.15) is 19.3 Å². The standard InChI is InChI=1S/C9H17N5O2/c10-8(15)9(2-6-16-7-3-9)12-4-1-5-13-14-11/h12H,1-7H2,(H2,10,15). The maximum Gasteiger partial charge on any atom is 0.237 e. The maximum atomic E-state index is 11.4. The van der Waals surface area contributed by atoms with Crippen LogP contribution in [0.25, 0.3) is 10.4 Å². The van der Waals surface area contributed by atoms with Crippen molar-refractivity contribution < 1.29 is 9.53 Å². The lowest BCUT2D eigenvalue weighted by atomic mass is 9.89. The summed E-state index contributed by atoms with van der Waals surface area (Å²) in [4.78, 5) is 14.1. The van der Waals surface area contributed by atoms with Crippen molar-refractivity contribution in [3.63, 3.8) is 0 Å².